The van der Waals surface area contributed by atoms with E-state index in [1.807, 2.05) is 19.1 Å². The van der Waals surface area contributed by atoms with Gasteiger partial charge in [-0.2, -0.15) is 5.10 Å². The Labute approximate surface area is 120 Å². The van der Waals surface area contributed by atoms with Crippen molar-refractivity contribution in [2.75, 3.05) is 0 Å². The van der Waals surface area contributed by atoms with E-state index in [0.717, 1.165) is 5.57 Å². The van der Waals surface area contributed by atoms with Gasteiger partial charge in [0.2, 0.25) is 0 Å². The van der Waals surface area contributed by atoms with E-state index in [0.29, 0.717) is 11.3 Å². The summed E-state index contributed by atoms with van der Waals surface area (Å²) in [5, 5.41) is 13.1. The molecular weight excluding hydrogens is 278 g/mol. The number of aromatic carboxylic acids is 1. The topological polar surface area (TPSA) is 67.5 Å². The fourth-order valence-electron chi connectivity index (χ4n) is 1.72. The van der Waals surface area contributed by atoms with Crippen molar-refractivity contribution in [3.05, 3.63) is 59.6 Å². The third kappa shape index (κ3) is 2.62. The molecule has 102 valence electrons. The first-order valence-corrected chi connectivity index (χ1v) is 6.20. The molecule has 0 unspecified atom stereocenters. The van der Waals surface area contributed by atoms with Crippen molar-refractivity contribution in [3.63, 3.8) is 0 Å². The maximum Gasteiger partial charge on any atom is 0.356 e. The Morgan fingerprint density at radius 2 is 2.20 bits per heavy atom. The van der Waals surface area contributed by atoms with Crippen molar-refractivity contribution < 1.29 is 9.90 Å². The Hall–Kier alpha value is -2.40. The highest BCUT2D eigenvalue weighted by Gasteiger charge is 2.13. The average molecular weight is 290 g/mol. The highest BCUT2D eigenvalue weighted by atomic mass is 35.5. The predicted octanol–water partition coefficient (Wildman–Crippen LogP) is 3.23. The molecule has 0 spiro atoms. The Balaban J connectivity index is 2.65. The van der Waals surface area contributed by atoms with Gasteiger partial charge in [0.05, 0.1) is 5.69 Å². The molecule has 0 aromatic carbocycles. The molecule has 0 radical (unpaired) electrons. The maximum atomic E-state index is 10.9. The Morgan fingerprint density at radius 3 is 2.80 bits per heavy atom. The molecule has 2 aromatic rings. The molecular formula is C14H12ClN3O2. The monoisotopic (exact) mass is 289 g/mol. The number of hydrogen-bond acceptors (Lipinski definition) is 3. The lowest BCUT2D eigenvalue weighted by Crippen LogP contribution is -1.99. The quantitative estimate of drug-likeness (QED) is 0.693. The van der Waals surface area contributed by atoms with Crippen LogP contribution in [0.1, 0.15) is 23.1 Å². The molecule has 0 aliphatic rings. The summed E-state index contributed by atoms with van der Waals surface area (Å²) in [6, 6.07) is 3.00. The highest BCUT2D eigenvalue weighted by molar-refractivity contribution is 6.29. The van der Waals surface area contributed by atoms with Crippen LogP contribution < -0.4 is 0 Å². The van der Waals surface area contributed by atoms with E-state index in [9.17, 15) is 4.79 Å². The first kappa shape index (κ1) is 14.0. The number of carboxylic acids is 1. The van der Waals surface area contributed by atoms with Gasteiger partial charge in [-0.1, -0.05) is 42.5 Å². The average Bonchev–Trinajstić information content (AvgIpc) is 2.83. The second-order valence-corrected chi connectivity index (χ2v) is 4.31. The standard InChI is InChI=1S/C14H12ClN3O2/c1-3-5-9(6-4-2)10-7-12(15)18-13(16-10)8-11(17-18)14(19)20/h3-8H,1H2,2H3,(H,19,20)/b6-4-,9-5+. The summed E-state index contributed by atoms with van der Waals surface area (Å²) < 4.78 is 1.29. The van der Waals surface area contributed by atoms with E-state index in [1.54, 1.807) is 18.2 Å². The summed E-state index contributed by atoms with van der Waals surface area (Å²) in [4.78, 5) is 15.3. The van der Waals surface area contributed by atoms with Crippen LogP contribution >= 0.6 is 11.6 Å². The number of aromatic nitrogens is 3. The molecule has 0 saturated heterocycles. The van der Waals surface area contributed by atoms with Crippen molar-refractivity contribution in [1.29, 1.82) is 0 Å². The lowest BCUT2D eigenvalue weighted by Gasteiger charge is -2.03. The molecule has 20 heavy (non-hydrogen) atoms. The third-order valence-electron chi connectivity index (χ3n) is 2.54. The zero-order valence-corrected chi connectivity index (χ0v) is 11.5. The molecule has 0 saturated carbocycles. The van der Waals surface area contributed by atoms with E-state index in [4.69, 9.17) is 16.7 Å². The minimum atomic E-state index is -1.12. The fraction of sp³-hybridized carbons (Fsp3) is 0.0714. The van der Waals surface area contributed by atoms with E-state index in [-0.39, 0.29) is 10.8 Å². The van der Waals surface area contributed by atoms with E-state index in [2.05, 4.69) is 16.7 Å². The Bertz CT molecular complexity index is 744. The van der Waals surface area contributed by atoms with Crippen LogP contribution in [0.5, 0.6) is 0 Å². The smallest absolute Gasteiger partial charge is 0.356 e. The normalized spacial score (nSPS) is 12.2. The highest BCUT2D eigenvalue weighted by Crippen LogP contribution is 2.20. The zero-order chi connectivity index (χ0) is 14.7. The number of halogens is 1. The molecule has 2 aromatic heterocycles. The van der Waals surface area contributed by atoms with E-state index >= 15 is 0 Å². The van der Waals surface area contributed by atoms with Gasteiger partial charge in [-0.05, 0) is 12.5 Å². The van der Waals surface area contributed by atoms with Crippen LogP contribution in [0.3, 0.4) is 0 Å². The first-order valence-electron chi connectivity index (χ1n) is 5.82. The molecule has 0 amide bonds. The van der Waals surface area contributed by atoms with Crippen LogP contribution in [0.4, 0.5) is 0 Å². The second kappa shape index (κ2) is 5.71. The van der Waals surface area contributed by atoms with Crippen molar-refractivity contribution in [1.82, 2.24) is 14.6 Å². The fourth-order valence-corrected chi connectivity index (χ4v) is 1.95. The Morgan fingerprint density at radius 1 is 1.45 bits per heavy atom. The van der Waals surface area contributed by atoms with Gasteiger partial charge in [0.15, 0.2) is 11.3 Å². The molecule has 0 atom stereocenters. The largest absolute Gasteiger partial charge is 0.476 e. The van der Waals surface area contributed by atoms with E-state index < -0.39 is 5.97 Å². The molecule has 1 N–H and O–H groups in total. The van der Waals surface area contributed by atoms with Gasteiger partial charge in [-0.25, -0.2) is 14.3 Å². The van der Waals surface area contributed by atoms with Gasteiger partial charge in [0.25, 0.3) is 0 Å². The minimum Gasteiger partial charge on any atom is -0.476 e. The number of hydrogen-bond donors (Lipinski definition) is 1. The number of allylic oxidation sites excluding steroid dienone is 5. The van der Waals surface area contributed by atoms with Crippen LogP contribution in [0, 0.1) is 0 Å². The first-order chi connectivity index (χ1) is 9.56. The minimum absolute atomic E-state index is 0.100. The summed E-state index contributed by atoms with van der Waals surface area (Å²) in [5.41, 5.74) is 1.73. The molecule has 0 bridgehead atoms. The van der Waals surface area contributed by atoms with Crippen LogP contribution in [-0.2, 0) is 0 Å². The van der Waals surface area contributed by atoms with Crippen molar-refractivity contribution in [2.45, 2.75) is 6.92 Å². The second-order valence-electron chi connectivity index (χ2n) is 3.93. The lowest BCUT2D eigenvalue weighted by atomic mass is 10.1. The van der Waals surface area contributed by atoms with Gasteiger partial charge in [-0.3, -0.25) is 0 Å². The number of rotatable bonds is 4. The van der Waals surface area contributed by atoms with E-state index in [1.165, 1.54) is 10.6 Å². The van der Waals surface area contributed by atoms with Gasteiger partial charge in [0, 0.05) is 12.1 Å². The molecule has 2 rings (SSSR count). The summed E-state index contributed by atoms with van der Waals surface area (Å²) in [7, 11) is 0. The molecule has 0 aliphatic carbocycles. The van der Waals surface area contributed by atoms with Gasteiger partial charge < -0.3 is 5.11 Å². The zero-order valence-electron chi connectivity index (χ0n) is 10.7. The molecule has 0 fully saturated rings. The SMILES string of the molecule is C=C/C=C(\C=C/C)c1cc(Cl)n2nc(C(=O)O)cc2n1. The lowest BCUT2D eigenvalue weighted by molar-refractivity contribution is 0.0690. The van der Waals surface area contributed by atoms with Gasteiger partial charge in [0.1, 0.15) is 5.15 Å². The van der Waals surface area contributed by atoms with Crippen LogP contribution in [-0.4, -0.2) is 25.7 Å². The van der Waals surface area contributed by atoms with Crippen LogP contribution in [0.2, 0.25) is 5.15 Å². The molecule has 2 heterocycles. The Kier molecular flexibility index (Phi) is 4.00. The maximum absolute atomic E-state index is 10.9. The van der Waals surface area contributed by atoms with Gasteiger partial charge >= 0.3 is 5.97 Å². The summed E-state index contributed by atoms with van der Waals surface area (Å²) >= 11 is 6.11. The van der Waals surface area contributed by atoms with Crippen LogP contribution in [0.15, 0.2) is 43.0 Å². The van der Waals surface area contributed by atoms with Crippen LogP contribution in [0.25, 0.3) is 11.2 Å². The molecule has 0 aliphatic heterocycles. The van der Waals surface area contributed by atoms with Crippen molar-refractivity contribution in [3.8, 4) is 0 Å². The van der Waals surface area contributed by atoms with Crippen molar-refractivity contribution in [2.24, 2.45) is 0 Å². The molecule has 5 nitrogen and oxygen atoms in total. The number of nitrogens with zero attached hydrogens (tertiary/aromatic N) is 3. The molecule has 6 heteroatoms. The third-order valence-corrected chi connectivity index (χ3v) is 2.81. The summed E-state index contributed by atoms with van der Waals surface area (Å²) in [6.45, 7) is 5.54. The van der Waals surface area contributed by atoms with Crippen molar-refractivity contribution >= 4 is 28.8 Å². The number of carboxylic acid groups (broad SMARTS) is 1. The summed E-state index contributed by atoms with van der Waals surface area (Å²) in [5.74, 6) is -1.12. The number of carbonyl (C=O) groups is 1. The predicted molar refractivity (Wildman–Crippen MR) is 77.9 cm³/mol. The summed E-state index contributed by atoms with van der Waals surface area (Å²) in [6.07, 6.45) is 7.18. The number of fused-ring (bicyclic) bond motifs is 1. The van der Waals surface area contributed by atoms with Gasteiger partial charge in [-0.15, -0.1) is 0 Å².